The number of hydrogen-bond acceptors (Lipinski definition) is 4. The molecule has 1 saturated heterocycles. The largest absolute Gasteiger partial charge is 0.496 e. The highest BCUT2D eigenvalue weighted by Crippen LogP contribution is 2.30. The van der Waals surface area contributed by atoms with Crippen molar-refractivity contribution in [2.24, 2.45) is 0 Å². The van der Waals surface area contributed by atoms with Gasteiger partial charge in [0, 0.05) is 22.7 Å². The van der Waals surface area contributed by atoms with Crippen LogP contribution in [0.1, 0.15) is 40.4 Å². The van der Waals surface area contributed by atoms with Gasteiger partial charge in [-0.05, 0) is 62.7 Å². The maximum absolute atomic E-state index is 12.8. The van der Waals surface area contributed by atoms with E-state index in [0.29, 0.717) is 28.6 Å². The summed E-state index contributed by atoms with van der Waals surface area (Å²) < 4.78 is 10.8. The van der Waals surface area contributed by atoms with Crippen LogP contribution in [0.5, 0.6) is 11.5 Å². The molecular formula is C22H27ClN2O3. The summed E-state index contributed by atoms with van der Waals surface area (Å²) in [4.78, 5) is 15.2. The van der Waals surface area contributed by atoms with Crippen LogP contribution in [-0.2, 0) is 0 Å². The summed E-state index contributed by atoms with van der Waals surface area (Å²) in [6, 6.07) is 11.5. The topological polar surface area (TPSA) is 50.8 Å². The first kappa shape index (κ1) is 20.5. The molecule has 1 heterocycles. The van der Waals surface area contributed by atoms with Gasteiger partial charge in [0.25, 0.3) is 5.91 Å². The number of amides is 1. The number of rotatable bonds is 7. The first-order chi connectivity index (χ1) is 13.5. The predicted octanol–water partition coefficient (Wildman–Crippen LogP) is 4.23. The number of halogens is 1. The Morgan fingerprint density at radius 3 is 2.36 bits per heavy atom. The summed E-state index contributed by atoms with van der Waals surface area (Å²) in [5, 5.41) is 3.79. The van der Waals surface area contributed by atoms with Gasteiger partial charge in [0.1, 0.15) is 11.5 Å². The van der Waals surface area contributed by atoms with E-state index in [0.717, 1.165) is 24.2 Å². The zero-order chi connectivity index (χ0) is 20.1. The standard InChI is InChI=1S/C22H27ClN2O3/c1-15-20(27-2)12-17(13-21(15)28-3)22(26)24-14-19(25-9-4-5-10-25)16-7-6-8-18(23)11-16/h6-8,11-13,19H,4-5,9-10,14H2,1-3H3,(H,24,26). The van der Waals surface area contributed by atoms with Crippen molar-refractivity contribution in [2.45, 2.75) is 25.8 Å². The molecule has 0 radical (unpaired) electrons. The van der Waals surface area contributed by atoms with Crippen LogP contribution in [0.15, 0.2) is 36.4 Å². The summed E-state index contributed by atoms with van der Waals surface area (Å²) in [7, 11) is 3.18. The first-order valence-corrected chi connectivity index (χ1v) is 9.91. The molecule has 150 valence electrons. The molecule has 5 nitrogen and oxygen atoms in total. The molecule has 1 unspecified atom stereocenters. The van der Waals surface area contributed by atoms with Crippen molar-refractivity contribution in [2.75, 3.05) is 33.9 Å². The molecule has 0 spiro atoms. The Balaban J connectivity index is 1.78. The van der Waals surface area contributed by atoms with Crippen LogP contribution in [0.3, 0.4) is 0 Å². The molecule has 6 heteroatoms. The lowest BCUT2D eigenvalue weighted by atomic mass is 10.0. The van der Waals surface area contributed by atoms with Gasteiger partial charge in [-0.3, -0.25) is 9.69 Å². The van der Waals surface area contributed by atoms with Gasteiger partial charge in [-0.15, -0.1) is 0 Å². The number of likely N-dealkylation sites (tertiary alicyclic amines) is 1. The summed E-state index contributed by atoms with van der Waals surface area (Å²) >= 11 is 6.20. The Hall–Kier alpha value is -2.24. The fraction of sp³-hybridized carbons (Fsp3) is 0.409. The molecule has 1 atom stereocenters. The molecule has 28 heavy (non-hydrogen) atoms. The van der Waals surface area contributed by atoms with E-state index in [2.05, 4.69) is 16.3 Å². The number of nitrogens with zero attached hydrogens (tertiary/aromatic N) is 1. The van der Waals surface area contributed by atoms with Gasteiger partial charge in [-0.1, -0.05) is 23.7 Å². The maximum Gasteiger partial charge on any atom is 0.251 e. The Kier molecular flexibility index (Phi) is 6.81. The van der Waals surface area contributed by atoms with Crippen LogP contribution in [-0.4, -0.2) is 44.7 Å². The fourth-order valence-electron chi connectivity index (χ4n) is 3.73. The molecule has 1 aliphatic heterocycles. The van der Waals surface area contributed by atoms with Crippen molar-refractivity contribution < 1.29 is 14.3 Å². The quantitative estimate of drug-likeness (QED) is 0.752. The molecule has 1 aliphatic rings. The highest BCUT2D eigenvalue weighted by molar-refractivity contribution is 6.30. The Bertz CT molecular complexity index is 809. The van der Waals surface area contributed by atoms with E-state index in [1.54, 1.807) is 26.4 Å². The smallest absolute Gasteiger partial charge is 0.251 e. The van der Waals surface area contributed by atoms with E-state index in [1.807, 2.05) is 25.1 Å². The number of nitrogens with one attached hydrogen (secondary N) is 1. The molecule has 1 fully saturated rings. The SMILES string of the molecule is COc1cc(C(=O)NCC(c2cccc(Cl)c2)N2CCCC2)cc(OC)c1C. The van der Waals surface area contributed by atoms with Crippen LogP contribution < -0.4 is 14.8 Å². The van der Waals surface area contributed by atoms with Gasteiger partial charge in [-0.2, -0.15) is 0 Å². The van der Waals surface area contributed by atoms with Crippen LogP contribution in [0.4, 0.5) is 0 Å². The lowest BCUT2D eigenvalue weighted by molar-refractivity contribution is 0.0937. The minimum Gasteiger partial charge on any atom is -0.496 e. The number of ether oxygens (including phenoxy) is 2. The molecule has 2 aromatic rings. The Morgan fingerprint density at radius 1 is 1.14 bits per heavy atom. The van der Waals surface area contributed by atoms with E-state index in [1.165, 1.54) is 12.8 Å². The van der Waals surface area contributed by atoms with E-state index < -0.39 is 0 Å². The van der Waals surface area contributed by atoms with Gasteiger partial charge in [0.05, 0.1) is 20.3 Å². The van der Waals surface area contributed by atoms with Gasteiger partial charge < -0.3 is 14.8 Å². The molecule has 0 bridgehead atoms. The zero-order valence-electron chi connectivity index (χ0n) is 16.6. The number of hydrogen-bond donors (Lipinski definition) is 1. The number of methoxy groups -OCH3 is 2. The van der Waals surface area contributed by atoms with Gasteiger partial charge in [0.15, 0.2) is 0 Å². The molecule has 0 saturated carbocycles. The Morgan fingerprint density at radius 2 is 1.79 bits per heavy atom. The second-order valence-corrected chi connectivity index (χ2v) is 7.47. The van der Waals surface area contributed by atoms with Crippen LogP contribution >= 0.6 is 11.6 Å². The zero-order valence-corrected chi connectivity index (χ0v) is 17.4. The minimum atomic E-state index is -0.150. The average Bonchev–Trinajstić information content (AvgIpc) is 3.22. The van der Waals surface area contributed by atoms with Crippen molar-refractivity contribution in [1.82, 2.24) is 10.2 Å². The van der Waals surface area contributed by atoms with Crippen LogP contribution in [0, 0.1) is 6.92 Å². The van der Waals surface area contributed by atoms with Gasteiger partial charge in [-0.25, -0.2) is 0 Å². The van der Waals surface area contributed by atoms with E-state index >= 15 is 0 Å². The second-order valence-electron chi connectivity index (χ2n) is 7.03. The van der Waals surface area contributed by atoms with Crippen LogP contribution in [0.2, 0.25) is 5.02 Å². The molecule has 1 amide bonds. The van der Waals surface area contributed by atoms with Crippen LogP contribution in [0.25, 0.3) is 0 Å². The molecule has 3 rings (SSSR count). The van der Waals surface area contributed by atoms with E-state index in [4.69, 9.17) is 21.1 Å². The summed E-state index contributed by atoms with van der Waals surface area (Å²) in [5.74, 6) is 1.12. The average molecular weight is 403 g/mol. The fourth-order valence-corrected chi connectivity index (χ4v) is 3.93. The van der Waals surface area contributed by atoms with E-state index in [-0.39, 0.29) is 11.9 Å². The predicted molar refractivity (Wildman–Crippen MR) is 112 cm³/mol. The minimum absolute atomic E-state index is 0.0967. The van der Waals surface area contributed by atoms with Gasteiger partial charge >= 0.3 is 0 Å². The third kappa shape index (κ3) is 4.59. The number of carbonyl (C=O) groups excluding carboxylic acids is 1. The Labute approximate surface area is 171 Å². The van der Waals surface area contributed by atoms with Crippen molar-refractivity contribution in [3.63, 3.8) is 0 Å². The van der Waals surface area contributed by atoms with E-state index in [9.17, 15) is 4.79 Å². The van der Waals surface area contributed by atoms with Crippen molar-refractivity contribution in [3.8, 4) is 11.5 Å². The highest BCUT2D eigenvalue weighted by atomic mass is 35.5. The van der Waals surface area contributed by atoms with Gasteiger partial charge in [0.2, 0.25) is 0 Å². The molecular weight excluding hydrogens is 376 g/mol. The summed E-state index contributed by atoms with van der Waals surface area (Å²) in [5.41, 5.74) is 2.51. The molecule has 1 N–H and O–H groups in total. The molecule has 0 aromatic heterocycles. The van der Waals surface area contributed by atoms with Crippen molar-refractivity contribution in [1.29, 1.82) is 0 Å². The lowest BCUT2D eigenvalue weighted by Gasteiger charge is -2.28. The monoisotopic (exact) mass is 402 g/mol. The second kappa shape index (κ2) is 9.30. The first-order valence-electron chi connectivity index (χ1n) is 9.54. The van der Waals surface area contributed by atoms with Crippen molar-refractivity contribution >= 4 is 17.5 Å². The third-order valence-corrected chi connectivity index (χ3v) is 5.52. The summed E-state index contributed by atoms with van der Waals surface area (Å²) in [6.45, 7) is 4.47. The third-order valence-electron chi connectivity index (χ3n) is 5.29. The molecule has 2 aromatic carbocycles. The lowest BCUT2D eigenvalue weighted by Crippen LogP contribution is -2.36. The normalized spacial score (nSPS) is 15.3. The van der Waals surface area contributed by atoms with Crippen molar-refractivity contribution in [3.05, 3.63) is 58.1 Å². The molecule has 0 aliphatic carbocycles. The number of benzene rings is 2. The summed E-state index contributed by atoms with van der Waals surface area (Å²) in [6.07, 6.45) is 2.36. The number of carbonyl (C=O) groups is 1. The maximum atomic E-state index is 12.8. The highest BCUT2D eigenvalue weighted by Gasteiger charge is 2.24.